The van der Waals surface area contributed by atoms with E-state index in [9.17, 15) is 14.0 Å². The Balaban J connectivity index is 1.26. The van der Waals surface area contributed by atoms with E-state index in [1.807, 2.05) is 17.9 Å². The lowest BCUT2D eigenvalue weighted by Gasteiger charge is -2.41. The van der Waals surface area contributed by atoms with Gasteiger partial charge in [0.05, 0.1) is 18.3 Å². The minimum atomic E-state index is -0.273. The minimum absolute atomic E-state index is 0.0914. The first kappa shape index (κ1) is 25.9. The van der Waals surface area contributed by atoms with E-state index in [0.717, 1.165) is 62.3 Å². The van der Waals surface area contributed by atoms with Crippen LogP contribution in [0.5, 0.6) is 0 Å². The van der Waals surface area contributed by atoms with E-state index in [2.05, 4.69) is 21.7 Å². The van der Waals surface area contributed by atoms with Crippen LogP contribution in [-0.2, 0) is 22.6 Å². The van der Waals surface area contributed by atoms with E-state index in [-0.39, 0.29) is 23.7 Å². The summed E-state index contributed by atoms with van der Waals surface area (Å²) in [5, 5.41) is 3.03. The number of carbonyl (C=O) groups is 2. The Bertz CT molecular complexity index is 1130. The van der Waals surface area contributed by atoms with Gasteiger partial charge in [-0.2, -0.15) is 0 Å². The molecule has 1 aromatic heterocycles. The largest absolute Gasteiger partial charge is 0.349 e. The maximum atomic E-state index is 13.9. The van der Waals surface area contributed by atoms with Crippen molar-refractivity contribution in [1.82, 2.24) is 24.7 Å². The van der Waals surface area contributed by atoms with Gasteiger partial charge in [-0.25, -0.2) is 9.37 Å². The molecule has 1 aromatic carbocycles. The number of carbonyl (C=O) groups excluding carboxylic acids is 2. The van der Waals surface area contributed by atoms with Crippen molar-refractivity contribution in [3.8, 4) is 0 Å². The van der Waals surface area contributed by atoms with Gasteiger partial charge in [0.25, 0.3) is 0 Å². The van der Waals surface area contributed by atoms with Gasteiger partial charge in [-0.05, 0) is 63.1 Å². The smallest absolute Gasteiger partial charge is 0.222 e. The number of fused-ring (bicyclic) bond motifs is 3. The molecule has 3 aliphatic rings. The second kappa shape index (κ2) is 10.9. The van der Waals surface area contributed by atoms with Crippen molar-refractivity contribution in [3.63, 3.8) is 0 Å². The number of imidazole rings is 1. The van der Waals surface area contributed by atoms with Crippen LogP contribution in [0, 0.1) is 12.7 Å². The lowest BCUT2D eigenvalue weighted by Crippen LogP contribution is -2.45. The van der Waals surface area contributed by atoms with Gasteiger partial charge in [-0.1, -0.05) is 19.1 Å². The fourth-order valence-corrected chi connectivity index (χ4v) is 7.00. The highest BCUT2D eigenvalue weighted by Crippen LogP contribution is 2.43. The summed E-state index contributed by atoms with van der Waals surface area (Å²) in [6, 6.07) is 7.86. The van der Waals surface area contributed by atoms with Crippen LogP contribution >= 0.6 is 0 Å². The number of aryl methyl sites for hydroxylation is 1. The number of benzene rings is 1. The number of rotatable bonds is 8. The molecule has 7 nitrogen and oxygen atoms in total. The molecule has 2 unspecified atom stereocenters. The molecule has 200 valence electrons. The quantitative estimate of drug-likeness (QED) is 0.571. The second-order valence-electron chi connectivity index (χ2n) is 11.1. The van der Waals surface area contributed by atoms with Gasteiger partial charge in [0.1, 0.15) is 11.6 Å². The van der Waals surface area contributed by atoms with Crippen LogP contribution in [0.15, 0.2) is 24.3 Å². The molecule has 2 amide bonds. The molecular formula is C29H40FN5O2. The fourth-order valence-electron chi connectivity index (χ4n) is 7.00. The van der Waals surface area contributed by atoms with E-state index in [0.29, 0.717) is 31.1 Å². The van der Waals surface area contributed by atoms with Gasteiger partial charge in [0.15, 0.2) is 0 Å². The molecular weight excluding hydrogens is 469 g/mol. The predicted molar refractivity (Wildman–Crippen MR) is 140 cm³/mol. The van der Waals surface area contributed by atoms with Gasteiger partial charge in [-0.15, -0.1) is 0 Å². The molecule has 2 saturated heterocycles. The second-order valence-corrected chi connectivity index (χ2v) is 11.1. The third-order valence-electron chi connectivity index (χ3n) is 8.57. The third-order valence-corrected chi connectivity index (χ3v) is 8.57. The number of nitrogens with one attached hydrogen (secondary N) is 1. The minimum Gasteiger partial charge on any atom is -0.349 e. The third kappa shape index (κ3) is 5.44. The average molecular weight is 510 g/mol. The summed E-state index contributed by atoms with van der Waals surface area (Å²) in [6.07, 6.45) is 7.73. The highest BCUT2D eigenvalue weighted by molar-refractivity contribution is 5.76. The highest BCUT2D eigenvalue weighted by atomic mass is 19.1. The van der Waals surface area contributed by atoms with E-state index in [1.165, 1.54) is 37.6 Å². The Labute approximate surface area is 219 Å². The topological polar surface area (TPSA) is 70.5 Å². The molecule has 4 heterocycles. The normalized spacial score (nSPS) is 24.1. The van der Waals surface area contributed by atoms with E-state index in [1.54, 1.807) is 6.07 Å². The summed E-state index contributed by atoms with van der Waals surface area (Å²) < 4.78 is 16.4. The summed E-state index contributed by atoms with van der Waals surface area (Å²) in [7, 11) is 0. The molecule has 2 fully saturated rings. The van der Waals surface area contributed by atoms with Crippen LogP contribution < -0.4 is 5.32 Å². The summed E-state index contributed by atoms with van der Waals surface area (Å²) in [5.41, 5.74) is 3.23. The monoisotopic (exact) mass is 509 g/mol. The van der Waals surface area contributed by atoms with Crippen LogP contribution in [-0.4, -0.2) is 56.3 Å². The Kier molecular flexibility index (Phi) is 7.65. The fraction of sp³-hybridized carbons (Fsp3) is 0.621. The molecule has 37 heavy (non-hydrogen) atoms. The number of hydrogen-bond acceptors (Lipinski definition) is 4. The Morgan fingerprint density at radius 2 is 1.95 bits per heavy atom. The van der Waals surface area contributed by atoms with Crippen molar-refractivity contribution in [2.75, 3.05) is 13.1 Å². The Morgan fingerprint density at radius 3 is 2.62 bits per heavy atom. The average Bonchev–Trinajstić information content (AvgIpc) is 3.31. The van der Waals surface area contributed by atoms with Crippen molar-refractivity contribution >= 4 is 11.8 Å². The molecule has 2 aromatic rings. The van der Waals surface area contributed by atoms with E-state index in [4.69, 9.17) is 4.98 Å². The molecule has 2 bridgehead atoms. The Hall–Kier alpha value is -2.74. The van der Waals surface area contributed by atoms with Crippen LogP contribution in [0.2, 0.25) is 0 Å². The van der Waals surface area contributed by atoms with Crippen molar-refractivity contribution in [1.29, 1.82) is 0 Å². The van der Waals surface area contributed by atoms with Gasteiger partial charge < -0.3 is 14.8 Å². The molecule has 3 aliphatic heterocycles. The van der Waals surface area contributed by atoms with Gasteiger partial charge in [-0.3, -0.25) is 14.5 Å². The molecule has 8 heteroatoms. The van der Waals surface area contributed by atoms with Crippen LogP contribution in [0.3, 0.4) is 0 Å². The van der Waals surface area contributed by atoms with Gasteiger partial charge >= 0.3 is 0 Å². The zero-order valence-corrected chi connectivity index (χ0v) is 22.4. The zero-order valence-electron chi connectivity index (χ0n) is 22.4. The van der Waals surface area contributed by atoms with Crippen molar-refractivity contribution in [2.24, 2.45) is 0 Å². The van der Waals surface area contributed by atoms with Crippen molar-refractivity contribution in [3.05, 3.63) is 52.9 Å². The highest BCUT2D eigenvalue weighted by Gasteiger charge is 2.42. The number of piperidine rings is 1. The molecule has 0 aliphatic carbocycles. The molecule has 0 spiro atoms. The molecule has 5 rings (SSSR count). The maximum absolute atomic E-state index is 13.9. The SMILES string of the molecule is CCCC(=O)N1CCc2c(nc(C)n2C2CC3CCC(C2)N3CC[C@H](NC(C)=O)c2cccc(F)c2)C1. The number of halogens is 1. The van der Waals surface area contributed by atoms with E-state index < -0.39 is 0 Å². The summed E-state index contributed by atoms with van der Waals surface area (Å²) in [4.78, 5) is 33.8. The standard InChI is InChI=1S/C29H40FN5O2/c1-4-6-29(37)33-13-12-28-27(18-33)31-19(2)35(28)25-16-23-9-10-24(17-25)34(23)14-11-26(32-20(3)36)21-7-5-8-22(30)15-21/h5,7-8,15,23-26H,4,6,9-14,16-18H2,1-3H3,(H,32,36)/t23?,24?,25?,26-/m0/s1. The molecule has 3 atom stereocenters. The summed E-state index contributed by atoms with van der Waals surface area (Å²) in [5.74, 6) is 0.948. The van der Waals surface area contributed by atoms with Gasteiger partial charge in [0.2, 0.25) is 11.8 Å². The van der Waals surface area contributed by atoms with Crippen molar-refractivity contribution < 1.29 is 14.0 Å². The number of hydrogen-bond donors (Lipinski definition) is 1. The Morgan fingerprint density at radius 1 is 1.19 bits per heavy atom. The maximum Gasteiger partial charge on any atom is 0.222 e. The lowest BCUT2D eigenvalue weighted by molar-refractivity contribution is -0.132. The first-order valence-corrected chi connectivity index (χ1v) is 14.0. The van der Waals surface area contributed by atoms with Crippen LogP contribution in [0.25, 0.3) is 0 Å². The van der Waals surface area contributed by atoms with Gasteiger partial charge in [0, 0.05) is 56.7 Å². The number of nitrogens with zero attached hydrogens (tertiary/aromatic N) is 4. The van der Waals surface area contributed by atoms with Crippen LogP contribution in [0.1, 0.15) is 93.7 Å². The zero-order chi connectivity index (χ0) is 26.1. The molecule has 0 saturated carbocycles. The summed E-state index contributed by atoms with van der Waals surface area (Å²) in [6.45, 7) is 8.00. The first-order chi connectivity index (χ1) is 17.8. The van der Waals surface area contributed by atoms with Crippen molar-refractivity contribution in [2.45, 2.75) is 103 Å². The molecule has 1 N–H and O–H groups in total. The first-order valence-electron chi connectivity index (χ1n) is 14.0. The van der Waals surface area contributed by atoms with E-state index >= 15 is 0 Å². The number of amides is 2. The number of aromatic nitrogens is 2. The predicted octanol–water partition coefficient (Wildman–Crippen LogP) is 4.45. The van der Waals surface area contributed by atoms with Crippen LogP contribution in [0.4, 0.5) is 4.39 Å². The lowest BCUT2D eigenvalue weighted by atomic mass is 9.94. The summed E-state index contributed by atoms with van der Waals surface area (Å²) >= 11 is 0. The molecule has 0 radical (unpaired) electrons.